The highest BCUT2D eigenvalue weighted by atomic mass is 16.5. The molecule has 2 aliphatic rings. The van der Waals surface area contributed by atoms with Crippen molar-refractivity contribution in [3.05, 3.63) is 11.1 Å². The molecule has 0 bridgehead atoms. The van der Waals surface area contributed by atoms with E-state index in [1.807, 2.05) is 0 Å². The smallest absolute Gasteiger partial charge is 0.316 e. The summed E-state index contributed by atoms with van der Waals surface area (Å²) in [7, 11) is 1.34. The first-order chi connectivity index (χ1) is 7.15. The summed E-state index contributed by atoms with van der Waals surface area (Å²) in [6.45, 7) is 2.08. The molecule has 0 radical (unpaired) electrons. The Balaban J connectivity index is 2.23. The number of rotatable bonds is 1. The number of allylic oxidation sites excluding steroid dienone is 2. The lowest BCUT2D eigenvalue weighted by Crippen LogP contribution is -2.23. The highest BCUT2D eigenvalue weighted by Gasteiger charge is 2.41. The lowest BCUT2D eigenvalue weighted by Gasteiger charge is -2.19. The molecule has 0 spiro atoms. The second-order valence-corrected chi connectivity index (χ2v) is 4.45. The molecule has 0 fully saturated rings. The van der Waals surface area contributed by atoms with Gasteiger partial charge in [-0.2, -0.15) is 0 Å². The van der Waals surface area contributed by atoms with Crippen LogP contribution >= 0.6 is 0 Å². The molecule has 0 amide bonds. The van der Waals surface area contributed by atoms with Crippen molar-refractivity contribution in [1.82, 2.24) is 0 Å². The van der Waals surface area contributed by atoms with Crippen molar-refractivity contribution in [2.45, 2.75) is 32.6 Å². The molecule has 2 aliphatic carbocycles. The van der Waals surface area contributed by atoms with Gasteiger partial charge in [-0.3, -0.25) is 9.59 Å². The maximum atomic E-state index is 12.0. The Labute approximate surface area is 89.5 Å². The van der Waals surface area contributed by atoms with Gasteiger partial charge in [0.1, 0.15) is 5.92 Å². The van der Waals surface area contributed by atoms with Gasteiger partial charge in [-0.25, -0.2) is 0 Å². The number of carbonyl (C=O) groups is 2. The summed E-state index contributed by atoms with van der Waals surface area (Å²) in [4.78, 5) is 23.4. The predicted octanol–water partition coefficient (Wildman–Crippen LogP) is 1.86. The van der Waals surface area contributed by atoms with E-state index in [0.717, 1.165) is 24.8 Å². The first-order valence-corrected chi connectivity index (χ1v) is 5.49. The van der Waals surface area contributed by atoms with Crippen molar-refractivity contribution in [1.29, 1.82) is 0 Å². The molecule has 15 heavy (non-hydrogen) atoms. The molecule has 0 saturated heterocycles. The van der Waals surface area contributed by atoms with Crippen molar-refractivity contribution in [3.8, 4) is 0 Å². The number of carbonyl (C=O) groups excluding carboxylic acids is 2. The van der Waals surface area contributed by atoms with Crippen molar-refractivity contribution >= 4 is 11.8 Å². The Kier molecular flexibility index (Phi) is 2.63. The quantitative estimate of drug-likeness (QED) is 0.488. The van der Waals surface area contributed by atoms with Gasteiger partial charge in [0.2, 0.25) is 0 Å². The maximum Gasteiger partial charge on any atom is 0.316 e. The summed E-state index contributed by atoms with van der Waals surface area (Å²) >= 11 is 0. The second-order valence-electron chi connectivity index (χ2n) is 4.45. The van der Waals surface area contributed by atoms with Gasteiger partial charge in [0.25, 0.3) is 0 Å². The second kappa shape index (κ2) is 3.80. The summed E-state index contributed by atoms with van der Waals surface area (Å²) in [5.41, 5.74) is 2.13. The van der Waals surface area contributed by atoms with Crippen molar-refractivity contribution in [2.24, 2.45) is 11.8 Å². The number of methoxy groups -OCH3 is 1. The molecule has 0 heterocycles. The van der Waals surface area contributed by atoms with E-state index in [0.29, 0.717) is 12.3 Å². The minimum absolute atomic E-state index is 0.0176. The third kappa shape index (κ3) is 1.60. The monoisotopic (exact) mass is 208 g/mol. The minimum Gasteiger partial charge on any atom is -0.468 e. The van der Waals surface area contributed by atoms with E-state index in [-0.39, 0.29) is 11.8 Å². The van der Waals surface area contributed by atoms with Crippen molar-refractivity contribution in [2.75, 3.05) is 7.11 Å². The van der Waals surface area contributed by atoms with Crippen LogP contribution in [-0.4, -0.2) is 18.9 Å². The van der Waals surface area contributed by atoms with E-state index in [1.54, 1.807) is 0 Å². The van der Waals surface area contributed by atoms with Crippen LogP contribution < -0.4 is 0 Å². The van der Waals surface area contributed by atoms with Crippen LogP contribution in [-0.2, 0) is 14.3 Å². The lowest BCUT2D eigenvalue weighted by molar-refractivity contribution is -0.148. The molecule has 0 aromatic rings. The van der Waals surface area contributed by atoms with E-state index >= 15 is 0 Å². The molecule has 3 heteroatoms. The number of ether oxygens (including phenoxy) is 1. The molecule has 3 nitrogen and oxygen atoms in total. The zero-order valence-corrected chi connectivity index (χ0v) is 9.21. The molecular weight excluding hydrogens is 192 g/mol. The molecule has 0 aromatic carbocycles. The number of ketones is 1. The Morgan fingerprint density at radius 3 is 2.80 bits per heavy atom. The van der Waals surface area contributed by atoms with Gasteiger partial charge in [0.05, 0.1) is 7.11 Å². The van der Waals surface area contributed by atoms with Gasteiger partial charge in [-0.05, 0) is 37.2 Å². The molecule has 82 valence electrons. The fraction of sp³-hybridized carbons (Fsp3) is 0.667. The SMILES string of the molecule is COC(=O)C1CC2=C(C1=O)[C@@H](C)CCC2. The van der Waals surface area contributed by atoms with Crippen LogP contribution in [0.5, 0.6) is 0 Å². The molecule has 0 aromatic heterocycles. The maximum absolute atomic E-state index is 12.0. The topological polar surface area (TPSA) is 43.4 Å². The van der Waals surface area contributed by atoms with Crippen LogP contribution in [0.3, 0.4) is 0 Å². The van der Waals surface area contributed by atoms with E-state index in [1.165, 1.54) is 12.7 Å². The van der Waals surface area contributed by atoms with Crippen molar-refractivity contribution < 1.29 is 14.3 Å². The number of hydrogen-bond donors (Lipinski definition) is 0. The van der Waals surface area contributed by atoms with Gasteiger partial charge in [0.15, 0.2) is 5.78 Å². The summed E-state index contributed by atoms with van der Waals surface area (Å²) in [5, 5.41) is 0. The average Bonchev–Trinajstić information content (AvgIpc) is 2.56. The molecular formula is C12H16O3. The Hall–Kier alpha value is -1.12. The fourth-order valence-electron chi connectivity index (χ4n) is 2.74. The zero-order valence-electron chi connectivity index (χ0n) is 9.21. The standard InChI is InChI=1S/C12H16O3/c1-7-4-3-5-8-6-9(12(14)15-2)11(13)10(7)8/h7,9H,3-6H2,1-2H3/t7-,9?/m0/s1. The minimum atomic E-state index is -0.541. The highest BCUT2D eigenvalue weighted by molar-refractivity contribution is 6.11. The summed E-state index contributed by atoms with van der Waals surface area (Å²) in [6, 6.07) is 0. The number of hydrogen-bond acceptors (Lipinski definition) is 3. The molecule has 0 N–H and O–H groups in total. The van der Waals surface area contributed by atoms with Crippen LogP contribution in [0.1, 0.15) is 32.6 Å². The molecule has 0 aliphatic heterocycles. The summed E-state index contributed by atoms with van der Waals surface area (Å²) < 4.78 is 4.66. The van der Waals surface area contributed by atoms with Gasteiger partial charge in [0, 0.05) is 0 Å². The normalized spacial score (nSPS) is 30.4. The van der Waals surface area contributed by atoms with Crippen LogP contribution in [0.15, 0.2) is 11.1 Å². The number of esters is 1. The highest BCUT2D eigenvalue weighted by Crippen LogP contribution is 2.41. The van der Waals surface area contributed by atoms with Gasteiger partial charge >= 0.3 is 5.97 Å². The number of Topliss-reactive ketones (excluding diaryl/α,β-unsaturated/α-hetero) is 1. The van der Waals surface area contributed by atoms with Gasteiger partial charge < -0.3 is 4.74 Å². The van der Waals surface area contributed by atoms with Gasteiger partial charge in [-0.15, -0.1) is 0 Å². The van der Waals surface area contributed by atoms with Crippen molar-refractivity contribution in [3.63, 3.8) is 0 Å². The molecule has 2 atom stereocenters. The van der Waals surface area contributed by atoms with E-state index in [4.69, 9.17) is 0 Å². The Morgan fingerprint density at radius 1 is 1.47 bits per heavy atom. The predicted molar refractivity (Wildman–Crippen MR) is 55.2 cm³/mol. The molecule has 1 unspecified atom stereocenters. The van der Waals surface area contributed by atoms with Crippen LogP contribution in [0, 0.1) is 11.8 Å². The summed E-state index contributed by atoms with van der Waals surface area (Å²) in [6.07, 6.45) is 3.80. The summed E-state index contributed by atoms with van der Waals surface area (Å²) in [5.74, 6) is -0.567. The fourth-order valence-corrected chi connectivity index (χ4v) is 2.74. The molecule has 0 saturated carbocycles. The molecule has 2 rings (SSSR count). The third-order valence-corrected chi connectivity index (χ3v) is 3.51. The van der Waals surface area contributed by atoms with Gasteiger partial charge in [-0.1, -0.05) is 12.5 Å². The Morgan fingerprint density at radius 2 is 2.20 bits per heavy atom. The van der Waals surface area contributed by atoms with Crippen LogP contribution in [0.2, 0.25) is 0 Å². The van der Waals surface area contributed by atoms with E-state index in [2.05, 4.69) is 11.7 Å². The zero-order chi connectivity index (χ0) is 11.0. The first kappa shape index (κ1) is 10.4. The van der Waals surface area contributed by atoms with E-state index < -0.39 is 5.92 Å². The first-order valence-electron chi connectivity index (χ1n) is 5.49. The van der Waals surface area contributed by atoms with Crippen LogP contribution in [0.4, 0.5) is 0 Å². The Bertz CT molecular complexity index is 341. The largest absolute Gasteiger partial charge is 0.468 e. The lowest BCUT2D eigenvalue weighted by atomic mass is 9.85. The average molecular weight is 208 g/mol. The van der Waals surface area contributed by atoms with E-state index in [9.17, 15) is 9.59 Å². The third-order valence-electron chi connectivity index (χ3n) is 3.51. The van der Waals surface area contributed by atoms with Crippen LogP contribution in [0.25, 0.3) is 0 Å².